The average Bonchev–Trinajstić information content (AvgIpc) is 2.37. The highest BCUT2D eigenvalue weighted by Crippen LogP contribution is 2.14. The third-order valence-corrected chi connectivity index (χ3v) is 2.24. The van der Waals surface area contributed by atoms with Crippen molar-refractivity contribution in [2.45, 2.75) is 13.0 Å². The number of ether oxygens (including phenoxy) is 1. The van der Waals surface area contributed by atoms with E-state index in [1.807, 2.05) is 0 Å². The normalized spacial score (nSPS) is 10.0. The first kappa shape index (κ1) is 12.0. The van der Waals surface area contributed by atoms with Crippen LogP contribution in [0.25, 0.3) is 0 Å². The van der Waals surface area contributed by atoms with Gasteiger partial charge in [-0.2, -0.15) is 0 Å². The molecule has 1 N–H and O–H groups in total. The first-order chi connectivity index (χ1) is 8.74. The fourth-order valence-electron chi connectivity index (χ4n) is 1.47. The Kier molecular flexibility index (Phi) is 3.86. The molecule has 0 atom stereocenters. The maximum atomic E-state index is 10.6. The van der Waals surface area contributed by atoms with Crippen LogP contribution in [0.15, 0.2) is 42.7 Å². The summed E-state index contributed by atoms with van der Waals surface area (Å²) in [5.74, 6) is 0.334. The Morgan fingerprint density at radius 1 is 1.22 bits per heavy atom. The maximum Gasteiger partial charge on any atom is 0.307 e. The van der Waals surface area contributed by atoms with Gasteiger partial charge in [0.25, 0.3) is 0 Å². The number of carboxylic acids is 1. The molecule has 2 aromatic rings. The first-order valence-corrected chi connectivity index (χ1v) is 5.43. The quantitative estimate of drug-likeness (QED) is 0.866. The summed E-state index contributed by atoms with van der Waals surface area (Å²) in [5, 5.41) is 8.70. The molecule has 2 rings (SSSR count). The van der Waals surface area contributed by atoms with E-state index in [2.05, 4.69) is 9.97 Å². The Balaban J connectivity index is 1.99. The molecule has 0 amide bonds. The van der Waals surface area contributed by atoms with Crippen molar-refractivity contribution in [3.05, 3.63) is 54.1 Å². The highest BCUT2D eigenvalue weighted by molar-refractivity contribution is 5.70. The molecule has 92 valence electrons. The monoisotopic (exact) mass is 244 g/mol. The van der Waals surface area contributed by atoms with Crippen molar-refractivity contribution >= 4 is 5.97 Å². The molecule has 0 fully saturated rings. The molecule has 18 heavy (non-hydrogen) atoms. The van der Waals surface area contributed by atoms with Crippen molar-refractivity contribution in [2.75, 3.05) is 0 Å². The number of aromatic nitrogens is 2. The lowest BCUT2D eigenvalue weighted by Gasteiger charge is -2.06. The maximum absolute atomic E-state index is 10.6. The van der Waals surface area contributed by atoms with Crippen molar-refractivity contribution in [3.8, 4) is 5.75 Å². The summed E-state index contributed by atoms with van der Waals surface area (Å²) in [7, 11) is 0. The predicted molar refractivity (Wildman–Crippen MR) is 64.1 cm³/mol. The summed E-state index contributed by atoms with van der Waals surface area (Å²) in [6, 6.07) is 8.72. The summed E-state index contributed by atoms with van der Waals surface area (Å²) in [4.78, 5) is 18.7. The van der Waals surface area contributed by atoms with Crippen molar-refractivity contribution in [1.82, 2.24) is 9.97 Å². The molecule has 1 aromatic heterocycles. The lowest BCUT2D eigenvalue weighted by molar-refractivity contribution is -0.136. The van der Waals surface area contributed by atoms with Crippen LogP contribution in [0.4, 0.5) is 0 Å². The molecule has 0 radical (unpaired) electrons. The number of hydrogen-bond acceptors (Lipinski definition) is 4. The highest BCUT2D eigenvalue weighted by atomic mass is 16.5. The fraction of sp³-hybridized carbons (Fsp3) is 0.154. The van der Waals surface area contributed by atoms with E-state index in [-0.39, 0.29) is 13.0 Å². The molecular weight excluding hydrogens is 232 g/mol. The number of rotatable bonds is 5. The van der Waals surface area contributed by atoms with Gasteiger partial charge in [-0.05, 0) is 23.8 Å². The van der Waals surface area contributed by atoms with Gasteiger partial charge in [-0.25, -0.2) is 9.97 Å². The molecule has 0 unspecified atom stereocenters. The zero-order valence-corrected chi connectivity index (χ0v) is 9.61. The summed E-state index contributed by atoms with van der Waals surface area (Å²) in [6.45, 7) is 0.261. The number of benzene rings is 1. The minimum absolute atomic E-state index is 0.0148. The fourth-order valence-corrected chi connectivity index (χ4v) is 1.47. The van der Waals surface area contributed by atoms with Crippen LogP contribution in [0.2, 0.25) is 0 Å². The van der Waals surface area contributed by atoms with E-state index >= 15 is 0 Å². The summed E-state index contributed by atoms with van der Waals surface area (Å²) in [6.07, 6.45) is 3.28. The van der Waals surface area contributed by atoms with Crippen LogP contribution in [0.5, 0.6) is 5.75 Å². The predicted octanol–water partition coefficient (Wildman–Crippen LogP) is 1.68. The van der Waals surface area contributed by atoms with E-state index in [0.29, 0.717) is 17.1 Å². The molecule has 5 heteroatoms. The lowest BCUT2D eigenvalue weighted by atomic mass is 10.1. The number of nitrogens with zero attached hydrogens (tertiary/aromatic N) is 2. The van der Waals surface area contributed by atoms with Gasteiger partial charge >= 0.3 is 5.97 Å². The van der Waals surface area contributed by atoms with Crippen molar-refractivity contribution in [3.63, 3.8) is 0 Å². The second kappa shape index (κ2) is 5.77. The van der Waals surface area contributed by atoms with Crippen LogP contribution in [0.1, 0.15) is 11.4 Å². The largest absolute Gasteiger partial charge is 0.486 e. The van der Waals surface area contributed by atoms with Gasteiger partial charge in [0.15, 0.2) is 5.82 Å². The number of aliphatic carboxylic acids is 1. The summed E-state index contributed by atoms with van der Waals surface area (Å²) < 4.78 is 5.50. The Morgan fingerprint density at radius 3 is 2.72 bits per heavy atom. The zero-order chi connectivity index (χ0) is 12.8. The molecule has 0 aliphatic heterocycles. The Bertz CT molecular complexity index is 529. The van der Waals surface area contributed by atoms with Gasteiger partial charge in [-0.15, -0.1) is 0 Å². The van der Waals surface area contributed by atoms with E-state index in [9.17, 15) is 4.79 Å². The smallest absolute Gasteiger partial charge is 0.307 e. The first-order valence-electron chi connectivity index (χ1n) is 5.43. The topological polar surface area (TPSA) is 72.3 Å². The average molecular weight is 244 g/mol. The summed E-state index contributed by atoms with van der Waals surface area (Å²) in [5.41, 5.74) is 0.703. The molecule has 1 heterocycles. The second-order valence-electron chi connectivity index (χ2n) is 3.67. The molecule has 0 saturated heterocycles. The lowest BCUT2D eigenvalue weighted by Crippen LogP contribution is -2.02. The minimum atomic E-state index is -0.862. The molecule has 0 spiro atoms. The van der Waals surface area contributed by atoms with E-state index in [4.69, 9.17) is 9.84 Å². The van der Waals surface area contributed by atoms with Crippen LogP contribution >= 0.6 is 0 Å². The van der Waals surface area contributed by atoms with Crippen molar-refractivity contribution in [1.29, 1.82) is 0 Å². The van der Waals surface area contributed by atoms with Crippen molar-refractivity contribution in [2.24, 2.45) is 0 Å². The van der Waals surface area contributed by atoms with Gasteiger partial charge in [0.05, 0.1) is 6.42 Å². The number of hydrogen-bond donors (Lipinski definition) is 1. The van der Waals surface area contributed by atoms with Gasteiger partial charge in [0, 0.05) is 12.4 Å². The molecule has 1 aromatic carbocycles. The Labute approximate surface area is 104 Å². The molecule has 0 aliphatic rings. The zero-order valence-electron chi connectivity index (χ0n) is 9.61. The molecule has 0 bridgehead atoms. The van der Waals surface area contributed by atoms with E-state index in [1.54, 1.807) is 42.7 Å². The van der Waals surface area contributed by atoms with Gasteiger partial charge in [-0.1, -0.05) is 12.1 Å². The molecule has 0 aliphatic carbocycles. The van der Waals surface area contributed by atoms with Gasteiger partial charge in [0.1, 0.15) is 12.4 Å². The number of carbonyl (C=O) groups is 1. The minimum Gasteiger partial charge on any atom is -0.486 e. The highest BCUT2D eigenvalue weighted by Gasteiger charge is 2.02. The van der Waals surface area contributed by atoms with Crippen LogP contribution in [0.3, 0.4) is 0 Å². The van der Waals surface area contributed by atoms with Crippen LogP contribution in [-0.2, 0) is 17.8 Å². The van der Waals surface area contributed by atoms with Crippen LogP contribution < -0.4 is 4.74 Å². The van der Waals surface area contributed by atoms with E-state index in [1.165, 1.54) is 0 Å². The van der Waals surface area contributed by atoms with E-state index in [0.717, 1.165) is 0 Å². The van der Waals surface area contributed by atoms with Crippen LogP contribution in [-0.4, -0.2) is 21.0 Å². The summed E-state index contributed by atoms with van der Waals surface area (Å²) >= 11 is 0. The SMILES string of the molecule is O=C(O)Cc1cccc(OCc2ncccn2)c1. The third kappa shape index (κ3) is 3.55. The van der Waals surface area contributed by atoms with Crippen molar-refractivity contribution < 1.29 is 14.6 Å². The van der Waals surface area contributed by atoms with E-state index < -0.39 is 5.97 Å². The van der Waals surface area contributed by atoms with Gasteiger partial charge in [0.2, 0.25) is 0 Å². The Morgan fingerprint density at radius 2 is 2.00 bits per heavy atom. The standard InChI is InChI=1S/C13H12N2O3/c16-13(17)8-10-3-1-4-11(7-10)18-9-12-14-5-2-6-15-12/h1-7H,8-9H2,(H,16,17). The van der Waals surface area contributed by atoms with Gasteiger partial charge < -0.3 is 9.84 Å². The molecule has 5 nitrogen and oxygen atoms in total. The third-order valence-electron chi connectivity index (χ3n) is 2.24. The molecule has 0 saturated carbocycles. The second-order valence-corrected chi connectivity index (χ2v) is 3.67. The Hall–Kier alpha value is -2.43. The van der Waals surface area contributed by atoms with Crippen LogP contribution in [0, 0.1) is 0 Å². The van der Waals surface area contributed by atoms with Gasteiger partial charge in [-0.3, -0.25) is 4.79 Å². The molecular formula is C13H12N2O3. The number of carboxylic acid groups (broad SMARTS) is 1.